The van der Waals surface area contributed by atoms with Gasteiger partial charge in [0.25, 0.3) is 0 Å². The van der Waals surface area contributed by atoms with Gasteiger partial charge in [0, 0.05) is 12.2 Å². The normalized spacial score (nSPS) is 11.6. The minimum absolute atomic E-state index is 0.0445. The van der Waals surface area contributed by atoms with Crippen LogP contribution < -0.4 is 10.5 Å². The lowest BCUT2D eigenvalue weighted by Crippen LogP contribution is -2.28. The molecule has 0 heterocycles. The highest BCUT2D eigenvalue weighted by Crippen LogP contribution is 2.21. The number of hydrogen-bond donors (Lipinski definition) is 2. The molecule has 0 fully saturated rings. The summed E-state index contributed by atoms with van der Waals surface area (Å²) in [5.41, 5.74) is 6.76. The molecule has 0 atom stereocenters. The van der Waals surface area contributed by atoms with Gasteiger partial charge >= 0.3 is 0 Å². The fourth-order valence-electron chi connectivity index (χ4n) is 1.53. The van der Waals surface area contributed by atoms with Crippen LogP contribution in [0.4, 0.5) is 10.1 Å². The molecule has 0 aliphatic carbocycles. The standard InChI is InChI=1S/C13H19FN2O3S/c1-9(2)8-19-5-4-16-20(17,18)12-7-11(15)6-10(3)13(12)14/h6-7,16H,1,4-5,8,15H2,2-3H3. The van der Waals surface area contributed by atoms with E-state index in [2.05, 4.69) is 11.3 Å². The summed E-state index contributed by atoms with van der Waals surface area (Å²) in [6, 6.07) is 2.48. The number of nitrogens with one attached hydrogen (secondary N) is 1. The van der Waals surface area contributed by atoms with E-state index < -0.39 is 20.7 Å². The van der Waals surface area contributed by atoms with Crippen molar-refractivity contribution in [2.45, 2.75) is 18.7 Å². The summed E-state index contributed by atoms with van der Waals surface area (Å²) in [6.07, 6.45) is 0. The van der Waals surface area contributed by atoms with Crippen molar-refractivity contribution < 1.29 is 17.5 Å². The first-order valence-corrected chi connectivity index (χ1v) is 7.50. The molecule has 112 valence electrons. The van der Waals surface area contributed by atoms with Gasteiger partial charge in [0.1, 0.15) is 10.7 Å². The molecule has 20 heavy (non-hydrogen) atoms. The first-order chi connectivity index (χ1) is 9.24. The molecule has 0 unspecified atom stereocenters. The summed E-state index contributed by atoms with van der Waals surface area (Å²) < 4.78 is 45.2. The Bertz CT molecular complexity index is 600. The summed E-state index contributed by atoms with van der Waals surface area (Å²) in [5.74, 6) is -0.797. The van der Waals surface area contributed by atoms with E-state index in [-0.39, 0.29) is 24.4 Å². The number of nitrogens with two attached hydrogens (primary N) is 1. The summed E-state index contributed by atoms with van der Waals surface area (Å²) in [6.45, 7) is 7.49. The highest BCUT2D eigenvalue weighted by molar-refractivity contribution is 7.89. The molecule has 0 saturated heterocycles. The van der Waals surface area contributed by atoms with Crippen LogP contribution in [0.2, 0.25) is 0 Å². The van der Waals surface area contributed by atoms with Gasteiger partial charge in [0.05, 0.1) is 13.2 Å². The maximum atomic E-state index is 13.8. The Morgan fingerprint density at radius 2 is 2.15 bits per heavy atom. The van der Waals surface area contributed by atoms with E-state index in [0.29, 0.717) is 6.61 Å². The van der Waals surface area contributed by atoms with Crippen LogP contribution in [0.5, 0.6) is 0 Å². The minimum Gasteiger partial charge on any atom is -0.399 e. The molecule has 0 spiro atoms. The van der Waals surface area contributed by atoms with Crippen LogP contribution in [0.25, 0.3) is 0 Å². The van der Waals surface area contributed by atoms with Crippen LogP contribution in [0.3, 0.4) is 0 Å². The van der Waals surface area contributed by atoms with Crippen LogP contribution in [0.15, 0.2) is 29.2 Å². The van der Waals surface area contributed by atoms with Crippen molar-refractivity contribution in [2.24, 2.45) is 0 Å². The van der Waals surface area contributed by atoms with Crippen LogP contribution in [0.1, 0.15) is 12.5 Å². The maximum absolute atomic E-state index is 13.8. The van der Waals surface area contributed by atoms with Crippen molar-refractivity contribution in [3.8, 4) is 0 Å². The zero-order chi connectivity index (χ0) is 15.3. The Morgan fingerprint density at radius 1 is 1.50 bits per heavy atom. The van der Waals surface area contributed by atoms with Gasteiger partial charge in [0.15, 0.2) is 0 Å². The highest BCUT2D eigenvalue weighted by atomic mass is 32.2. The Hall–Kier alpha value is -1.44. The molecule has 1 rings (SSSR count). The molecule has 1 aromatic carbocycles. The summed E-state index contributed by atoms with van der Waals surface area (Å²) in [5, 5.41) is 0. The number of hydrogen-bond acceptors (Lipinski definition) is 4. The minimum atomic E-state index is -3.94. The molecule has 0 amide bonds. The van der Waals surface area contributed by atoms with E-state index in [4.69, 9.17) is 10.5 Å². The number of aryl methyl sites for hydroxylation is 1. The summed E-state index contributed by atoms with van der Waals surface area (Å²) in [7, 11) is -3.94. The molecule has 7 heteroatoms. The van der Waals surface area contributed by atoms with Gasteiger partial charge in [-0.2, -0.15) is 0 Å². The molecule has 0 bridgehead atoms. The van der Waals surface area contributed by atoms with Crippen molar-refractivity contribution in [2.75, 3.05) is 25.5 Å². The molecule has 0 saturated carbocycles. The smallest absolute Gasteiger partial charge is 0.243 e. The topological polar surface area (TPSA) is 81.4 Å². The van der Waals surface area contributed by atoms with Gasteiger partial charge in [-0.05, 0) is 31.5 Å². The highest BCUT2D eigenvalue weighted by Gasteiger charge is 2.20. The first-order valence-electron chi connectivity index (χ1n) is 6.01. The van der Waals surface area contributed by atoms with E-state index in [0.717, 1.165) is 11.6 Å². The molecule has 1 aromatic rings. The molecule has 0 aliphatic heterocycles. The third-order valence-electron chi connectivity index (χ3n) is 2.42. The van der Waals surface area contributed by atoms with Crippen molar-refractivity contribution in [1.29, 1.82) is 0 Å². The van der Waals surface area contributed by atoms with E-state index in [1.165, 1.54) is 13.0 Å². The van der Waals surface area contributed by atoms with Gasteiger partial charge in [-0.25, -0.2) is 17.5 Å². The van der Waals surface area contributed by atoms with Crippen molar-refractivity contribution in [3.05, 3.63) is 35.7 Å². The lowest BCUT2D eigenvalue weighted by Gasteiger charge is -2.10. The SMILES string of the molecule is C=C(C)COCCNS(=O)(=O)c1cc(N)cc(C)c1F. The molecular formula is C13H19FN2O3S. The number of ether oxygens (including phenoxy) is 1. The second-order valence-electron chi connectivity index (χ2n) is 4.56. The number of anilines is 1. The van der Waals surface area contributed by atoms with E-state index in [1.807, 2.05) is 0 Å². The molecule has 0 radical (unpaired) electrons. The lowest BCUT2D eigenvalue weighted by molar-refractivity contribution is 0.162. The van der Waals surface area contributed by atoms with Crippen LogP contribution in [-0.4, -0.2) is 28.2 Å². The maximum Gasteiger partial charge on any atom is 0.243 e. The van der Waals surface area contributed by atoms with Crippen LogP contribution >= 0.6 is 0 Å². The fraction of sp³-hybridized carbons (Fsp3) is 0.385. The predicted octanol–water partition coefficient (Wildman–Crippen LogP) is 1.59. The molecule has 3 N–H and O–H groups in total. The fourth-order valence-corrected chi connectivity index (χ4v) is 2.73. The van der Waals surface area contributed by atoms with Gasteiger partial charge in [-0.15, -0.1) is 0 Å². The quantitative estimate of drug-likeness (QED) is 0.455. The zero-order valence-corrected chi connectivity index (χ0v) is 12.4. The van der Waals surface area contributed by atoms with Crippen LogP contribution in [0, 0.1) is 12.7 Å². The molecule has 5 nitrogen and oxygen atoms in total. The average Bonchev–Trinajstić information content (AvgIpc) is 2.32. The van der Waals surface area contributed by atoms with Gasteiger partial charge in [-0.3, -0.25) is 0 Å². The molecule has 0 aliphatic rings. The van der Waals surface area contributed by atoms with Crippen molar-refractivity contribution >= 4 is 15.7 Å². The third-order valence-corrected chi connectivity index (χ3v) is 3.88. The molecular weight excluding hydrogens is 283 g/mol. The second-order valence-corrected chi connectivity index (χ2v) is 6.29. The largest absolute Gasteiger partial charge is 0.399 e. The lowest BCUT2D eigenvalue weighted by atomic mass is 10.2. The number of benzene rings is 1. The molecule has 0 aromatic heterocycles. The Labute approximate surface area is 118 Å². The van der Waals surface area contributed by atoms with E-state index >= 15 is 0 Å². The third kappa shape index (κ3) is 4.59. The Balaban J connectivity index is 2.72. The van der Waals surface area contributed by atoms with Gasteiger partial charge in [-0.1, -0.05) is 12.2 Å². The summed E-state index contributed by atoms with van der Waals surface area (Å²) in [4.78, 5) is -0.449. The number of sulfonamides is 1. The van der Waals surface area contributed by atoms with E-state index in [9.17, 15) is 12.8 Å². The Morgan fingerprint density at radius 3 is 2.75 bits per heavy atom. The van der Waals surface area contributed by atoms with E-state index in [1.54, 1.807) is 6.92 Å². The second kappa shape index (κ2) is 6.83. The average molecular weight is 302 g/mol. The van der Waals surface area contributed by atoms with Gasteiger partial charge < -0.3 is 10.5 Å². The Kier molecular flexibility index (Phi) is 5.67. The summed E-state index contributed by atoms with van der Waals surface area (Å²) >= 11 is 0. The van der Waals surface area contributed by atoms with Crippen molar-refractivity contribution in [1.82, 2.24) is 4.72 Å². The van der Waals surface area contributed by atoms with Crippen molar-refractivity contribution in [3.63, 3.8) is 0 Å². The number of nitrogen functional groups attached to an aromatic ring is 1. The van der Waals surface area contributed by atoms with Crippen LogP contribution in [-0.2, 0) is 14.8 Å². The number of rotatable bonds is 7. The number of halogens is 1. The zero-order valence-electron chi connectivity index (χ0n) is 11.6. The monoisotopic (exact) mass is 302 g/mol. The van der Waals surface area contributed by atoms with Gasteiger partial charge in [0.2, 0.25) is 10.0 Å². The first kappa shape index (κ1) is 16.6. The predicted molar refractivity (Wildman–Crippen MR) is 76.4 cm³/mol.